The second-order valence-corrected chi connectivity index (χ2v) is 6.98. The monoisotopic (exact) mass is 277 g/mol. The van der Waals surface area contributed by atoms with Gasteiger partial charge in [-0.25, -0.2) is 0 Å². The van der Waals surface area contributed by atoms with E-state index < -0.39 is 6.10 Å². The highest BCUT2D eigenvalue weighted by Crippen LogP contribution is 2.24. The minimum atomic E-state index is -0.405. The van der Waals surface area contributed by atoms with Gasteiger partial charge in [0.2, 0.25) is 0 Å². The van der Waals surface area contributed by atoms with E-state index in [9.17, 15) is 5.11 Å². The molecule has 0 fully saturated rings. The second-order valence-electron chi connectivity index (χ2n) is 6.98. The molecule has 0 radical (unpaired) electrons. The molecule has 114 valence electrons. The van der Waals surface area contributed by atoms with Crippen LogP contribution in [0, 0.1) is 0 Å². The Morgan fingerprint density at radius 3 is 2.05 bits per heavy atom. The van der Waals surface area contributed by atoms with Gasteiger partial charge >= 0.3 is 0 Å². The maximum absolute atomic E-state index is 10.4. The van der Waals surface area contributed by atoms with Crippen LogP contribution in [0.4, 0.5) is 0 Å². The summed E-state index contributed by atoms with van der Waals surface area (Å²) in [5, 5.41) is 10.4. The molecule has 1 aromatic rings. The maximum atomic E-state index is 10.4. The Bertz CT molecular complexity index is 389. The molecule has 0 bridgehead atoms. The highest BCUT2D eigenvalue weighted by Gasteiger charge is 2.17. The van der Waals surface area contributed by atoms with Crippen LogP contribution in [0.1, 0.15) is 65.2 Å². The predicted octanol–water partition coefficient (Wildman–Crippen LogP) is 4.14. The van der Waals surface area contributed by atoms with Crippen molar-refractivity contribution < 1.29 is 5.11 Å². The lowest BCUT2D eigenvalue weighted by Gasteiger charge is -2.28. The Balaban J connectivity index is 2.74. The Morgan fingerprint density at radius 2 is 1.65 bits per heavy atom. The van der Waals surface area contributed by atoms with Crippen LogP contribution in [-0.2, 0) is 5.41 Å². The van der Waals surface area contributed by atoms with Crippen molar-refractivity contribution in [2.75, 3.05) is 13.1 Å². The van der Waals surface area contributed by atoms with Crippen LogP contribution in [0.3, 0.4) is 0 Å². The molecule has 1 atom stereocenters. The van der Waals surface area contributed by atoms with Gasteiger partial charge in [0.1, 0.15) is 0 Å². The van der Waals surface area contributed by atoms with E-state index in [-0.39, 0.29) is 5.41 Å². The molecule has 1 aromatic carbocycles. The summed E-state index contributed by atoms with van der Waals surface area (Å²) in [6.07, 6.45) is 0.714. The summed E-state index contributed by atoms with van der Waals surface area (Å²) in [6.45, 7) is 14.9. The smallest absolute Gasteiger partial charge is 0.0917 e. The molecule has 0 spiro atoms. The summed E-state index contributed by atoms with van der Waals surface area (Å²) in [5.74, 6) is 0. The molecular formula is C18H31NO. The van der Waals surface area contributed by atoms with Crippen molar-refractivity contribution in [3.8, 4) is 0 Å². The van der Waals surface area contributed by atoms with E-state index in [1.165, 1.54) is 5.56 Å². The molecule has 20 heavy (non-hydrogen) atoms. The van der Waals surface area contributed by atoms with Crippen LogP contribution in [0.15, 0.2) is 24.3 Å². The summed E-state index contributed by atoms with van der Waals surface area (Å²) in [6, 6.07) is 8.88. The molecule has 0 aliphatic rings. The third-order valence-electron chi connectivity index (χ3n) is 3.81. The van der Waals surface area contributed by atoms with E-state index in [1.807, 2.05) is 0 Å². The van der Waals surface area contributed by atoms with E-state index in [4.69, 9.17) is 0 Å². The lowest BCUT2D eigenvalue weighted by atomic mass is 9.86. The molecular weight excluding hydrogens is 246 g/mol. The maximum Gasteiger partial charge on any atom is 0.0917 e. The number of benzene rings is 1. The zero-order valence-corrected chi connectivity index (χ0v) is 14.0. The zero-order chi connectivity index (χ0) is 15.3. The van der Waals surface area contributed by atoms with Gasteiger partial charge in [-0.3, -0.25) is 4.90 Å². The summed E-state index contributed by atoms with van der Waals surface area (Å²) in [7, 11) is 0. The van der Waals surface area contributed by atoms with Crippen LogP contribution < -0.4 is 0 Å². The van der Waals surface area contributed by atoms with Crippen LogP contribution >= 0.6 is 0 Å². The second kappa shape index (κ2) is 7.24. The SMILES string of the molecule is CCCN(CC(O)c1ccc(C(C)(C)C)cc1)C(C)C. The molecule has 0 saturated carbocycles. The minimum absolute atomic E-state index is 0.162. The molecule has 0 aliphatic heterocycles. The van der Waals surface area contributed by atoms with Gasteiger partial charge < -0.3 is 5.11 Å². The average Bonchev–Trinajstić information content (AvgIpc) is 2.37. The predicted molar refractivity (Wildman–Crippen MR) is 87.1 cm³/mol. The number of rotatable bonds is 6. The zero-order valence-electron chi connectivity index (χ0n) is 14.0. The average molecular weight is 277 g/mol. The molecule has 0 amide bonds. The van der Waals surface area contributed by atoms with Gasteiger partial charge in [-0.15, -0.1) is 0 Å². The Kier molecular flexibility index (Phi) is 6.22. The fraction of sp³-hybridized carbons (Fsp3) is 0.667. The first kappa shape index (κ1) is 17.2. The first-order valence-corrected chi connectivity index (χ1v) is 7.78. The lowest BCUT2D eigenvalue weighted by molar-refractivity contribution is 0.0955. The topological polar surface area (TPSA) is 23.5 Å². The number of aliphatic hydroxyl groups excluding tert-OH is 1. The molecule has 1 N–H and O–H groups in total. The summed E-state index contributed by atoms with van der Waals surface area (Å²) in [5.41, 5.74) is 2.48. The molecule has 2 heteroatoms. The van der Waals surface area contributed by atoms with E-state index >= 15 is 0 Å². The van der Waals surface area contributed by atoms with Gasteiger partial charge in [-0.1, -0.05) is 52.0 Å². The fourth-order valence-corrected chi connectivity index (χ4v) is 2.38. The van der Waals surface area contributed by atoms with Gasteiger partial charge in [0.05, 0.1) is 6.10 Å². The Morgan fingerprint density at radius 1 is 1.10 bits per heavy atom. The molecule has 0 aromatic heterocycles. The summed E-state index contributed by atoms with van der Waals surface area (Å²) >= 11 is 0. The van der Waals surface area contributed by atoms with Gasteiger partial charge in [0.15, 0.2) is 0 Å². The van der Waals surface area contributed by atoms with Crippen molar-refractivity contribution >= 4 is 0 Å². The lowest BCUT2D eigenvalue weighted by Crippen LogP contribution is -2.35. The minimum Gasteiger partial charge on any atom is -0.387 e. The normalized spacial score (nSPS) is 14.1. The van der Waals surface area contributed by atoms with Crippen molar-refractivity contribution in [2.45, 2.75) is 65.5 Å². The molecule has 0 heterocycles. The van der Waals surface area contributed by atoms with Gasteiger partial charge in [-0.05, 0) is 43.4 Å². The van der Waals surface area contributed by atoms with Crippen molar-refractivity contribution in [3.05, 3.63) is 35.4 Å². The molecule has 0 aliphatic carbocycles. The highest BCUT2D eigenvalue weighted by atomic mass is 16.3. The molecule has 1 unspecified atom stereocenters. The Labute approximate surface area is 124 Å². The third-order valence-corrected chi connectivity index (χ3v) is 3.81. The molecule has 0 saturated heterocycles. The van der Waals surface area contributed by atoms with E-state index in [1.54, 1.807) is 0 Å². The van der Waals surface area contributed by atoms with E-state index in [0.717, 1.165) is 18.5 Å². The molecule has 1 rings (SSSR count). The van der Waals surface area contributed by atoms with E-state index in [2.05, 4.69) is 70.7 Å². The number of hydrogen-bond donors (Lipinski definition) is 1. The van der Waals surface area contributed by atoms with Crippen LogP contribution in [0.2, 0.25) is 0 Å². The van der Waals surface area contributed by atoms with Crippen molar-refractivity contribution in [2.24, 2.45) is 0 Å². The number of nitrogens with zero attached hydrogens (tertiary/aromatic N) is 1. The van der Waals surface area contributed by atoms with Crippen molar-refractivity contribution in [3.63, 3.8) is 0 Å². The largest absolute Gasteiger partial charge is 0.387 e. The standard InChI is InChI=1S/C18H31NO/c1-7-12-19(14(2)3)13-17(20)15-8-10-16(11-9-15)18(4,5)6/h8-11,14,17,20H,7,12-13H2,1-6H3. The van der Waals surface area contributed by atoms with Gasteiger partial charge in [0.25, 0.3) is 0 Å². The third kappa shape index (κ3) is 4.92. The van der Waals surface area contributed by atoms with Crippen LogP contribution in [-0.4, -0.2) is 29.1 Å². The number of aliphatic hydroxyl groups is 1. The first-order valence-electron chi connectivity index (χ1n) is 7.78. The first-order chi connectivity index (χ1) is 9.25. The number of hydrogen-bond acceptors (Lipinski definition) is 2. The van der Waals surface area contributed by atoms with E-state index in [0.29, 0.717) is 12.6 Å². The quantitative estimate of drug-likeness (QED) is 0.845. The summed E-state index contributed by atoms with van der Waals surface area (Å²) < 4.78 is 0. The van der Waals surface area contributed by atoms with Crippen molar-refractivity contribution in [1.29, 1.82) is 0 Å². The van der Waals surface area contributed by atoms with Crippen LogP contribution in [0.5, 0.6) is 0 Å². The van der Waals surface area contributed by atoms with Gasteiger partial charge in [-0.2, -0.15) is 0 Å². The summed E-state index contributed by atoms with van der Waals surface area (Å²) in [4.78, 5) is 2.34. The Hall–Kier alpha value is -0.860. The highest BCUT2D eigenvalue weighted by molar-refractivity contribution is 5.28. The van der Waals surface area contributed by atoms with Gasteiger partial charge in [0, 0.05) is 12.6 Å². The molecule has 2 nitrogen and oxygen atoms in total. The fourth-order valence-electron chi connectivity index (χ4n) is 2.38. The van der Waals surface area contributed by atoms with Crippen LogP contribution in [0.25, 0.3) is 0 Å². The van der Waals surface area contributed by atoms with Crippen molar-refractivity contribution in [1.82, 2.24) is 4.90 Å².